The molecule has 1 aliphatic carbocycles. The second-order valence-electron chi connectivity index (χ2n) is 7.24. The first-order valence-electron chi connectivity index (χ1n) is 9.20. The number of fused-ring (bicyclic) bond motifs is 1. The highest BCUT2D eigenvalue weighted by atomic mass is 16.2. The van der Waals surface area contributed by atoms with Crippen molar-refractivity contribution < 1.29 is 9.59 Å². The maximum atomic E-state index is 12.5. The molecule has 0 radical (unpaired) electrons. The van der Waals surface area contributed by atoms with Crippen LogP contribution in [-0.4, -0.2) is 44.1 Å². The molecule has 3 heterocycles. The summed E-state index contributed by atoms with van der Waals surface area (Å²) in [6, 6.07) is 0.360. The summed E-state index contributed by atoms with van der Waals surface area (Å²) in [5.74, 6) is 1.74. The van der Waals surface area contributed by atoms with Gasteiger partial charge < -0.3 is 14.8 Å². The molecule has 24 heavy (non-hydrogen) atoms. The normalized spacial score (nSPS) is 24.4. The van der Waals surface area contributed by atoms with Crippen LogP contribution in [0.1, 0.15) is 56.6 Å². The molecule has 1 aromatic heterocycles. The quantitative estimate of drug-likeness (QED) is 0.893. The number of nitrogens with zero attached hydrogens (tertiary/aromatic N) is 4. The van der Waals surface area contributed by atoms with E-state index in [0.717, 1.165) is 50.3 Å². The standard InChI is InChI=1S/C17H25N5O2/c23-16-9-12(11-22(16)13-5-1-2-6-13)17(24)18-10-15-20-19-14-7-3-4-8-21(14)15/h12-13H,1-11H2,(H,18,24)/t12-/m1/s1. The Hall–Kier alpha value is -1.92. The average Bonchev–Trinajstić information content (AvgIpc) is 3.32. The molecule has 1 N–H and O–H groups in total. The fourth-order valence-corrected chi connectivity index (χ4v) is 4.29. The van der Waals surface area contributed by atoms with Crippen molar-refractivity contribution >= 4 is 11.8 Å². The molecule has 0 spiro atoms. The molecule has 2 fully saturated rings. The lowest BCUT2D eigenvalue weighted by Crippen LogP contribution is -2.37. The number of rotatable bonds is 4. The minimum Gasteiger partial charge on any atom is -0.348 e. The molecule has 0 bridgehead atoms. The maximum absolute atomic E-state index is 12.5. The molecule has 1 aromatic rings. The lowest BCUT2D eigenvalue weighted by atomic mass is 10.1. The van der Waals surface area contributed by atoms with Crippen LogP contribution < -0.4 is 5.32 Å². The third-order valence-corrected chi connectivity index (χ3v) is 5.65. The number of aromatic nitrogens is 3. The molecule has 2 amide bonds. The van der Waals surface area contributed by atoms with Crippen LogP contribution in [0.2, 0.25) is 0 Å². The van der Waals surface area contributed by atoms with Gasteiger partial charge in [0, 0.05) is 32.0 Å². The lowest BCUT2D eigenvalue weighted by molar-refractivity contribution is -0.130. The van der Waals surface area contributed by atoms with Crippen molar-refractivity contribution in [2.24, 2.45) is 5.92 Å². The number of carbonyl (C=O) groups is 2. The average molecular weight is 331 g/mol. The molecule has 130 valence electrons. The van der Waals surface area contributed by atoms with E-state index in [9.17, 15) is 9.59 Å². The second-order valence-corrected chi connectivity index (χ2v) is 7.24. The molecule has 7 heteroatoms. The van der Waals surface area contributed by atoms with Gasteiger partial charge in [-0.3, -0.25) is 9.59 Å². The predicted molar refractivity (Wildman–Crippen MR) is 86.9 cm³/mol. The van der Waals surface area contributed by atoms with E-state index >= 15 is 0 Å². The number of amides is 2. The Morgan fingerprint density at radius 2 is 2.00 bits per heavy atom. The van der Waals surface area contributed by atoms with E-state index in [1.165, 1.54) is 12.8 Å². The molecule has 7 nitrogen and oxygen atoms in total. The Bertz CT molecular complexity index is 635. The van der Waals surface area contributed by atoms with Crippen molar-refractivity contribution in [2.45, 2.75) is 70.5 Å². The van der Waals surface area contributed by atoms with E-state index in [-0.39, 0.29) is 17.7 Å². The topological polar surface area (TPSA) is 80.1 Å². The molecular weight excluding hydrogens is 306 g/mol. The Labute approximate surface area is 141 Å². The third kappa shape index (κ3) is 2.91. The van der Waals surface area contributed by atoms with Gasteiger partial charge in [-0.05, 0) is 25.7 Å². The van der Waals surface area contributed by atoms with Gasteiger partial charge in [0.2, 0.25) is 11.8 Å². The van der Waals surface area contributed by atoms with Crippen LogP contribution in [-0.2, 0) is 29.1 Å². The smallest absolute Gasteiger partial charge is 0.225 e. The number of carbonyl (C=O) groups excluding carboxylic acids is 2. The van der Waals surface area contributed by atoms with E-state index in [1.54, 1.807) is 0 Å². The Kier molecular flexibility index (Phi) is 4.24. The van der Waals surface area contributed by atoms with E-state index in [2.05, 4.69) is 20.1 Å². The first-order chi connectivity index (χ1) is 11.7. The third-order valence-electron chi connectivity index (χ3n) is 5.65. The SMILES string of the molecule is O=C(NCc1nnc2n1CCCC2)[C@@H]1CC(=O)N(C2CCCC2)C1. The van der Waals surface area contributed by atoms with Crippen molar-refractivity contribution in [1.82, 2.24) is 25.0 Å². The van der Waals surface area contributed by atoms with Crippen molar-refractivity contribution in [3.8, 4) is 0 Å². The second kappa shape index (κ2) is 6.53. The monoisotopic (exact) mass is 331 g/mol. The van der Waals surface area contributed by atoms with Crippen LogP contribution in [0, 0.1) is 5.92 Å². The Morgan fingerprint density at radius 3 is 2.83 bits per heavy atom. The summed E-state index contributed by atoms with van der Waals surface area (Å²) in [5.41, 5.74) is 0. The summed E-state index contributed by atoms with van der Waals surface area (Å²) in [6.45, 7) is 1.91. The fraction of sp³-hybridized carbons (Fsp3) is 0.765. The number of hydrogen-bond donors (Lipinski definition) is 1. The van der Waals surface area contributed by atoms with E-state index in [1.807, 2.05) is 4.90 Å². The number of hydrogen-bond acceptors (Lipinski definition) is 4. The molecule has 0 aromatic carbocycles. The highest BCUT2D eigenvalue weighted by molar-refractivity contribution is 5.89. The first kappa shape index (κ1) is 15.6. The van der Waals surface area contributed by atoms with Gasteiger partial charge in [-0.15, -0.1) is 10.2 Å². The van der Waals surface area contributed by atoms with Crippen LogP contribution in [0.25, 0.3) is 0 Å². The summed E-state index contributed by atoms with van der Waals surface area (Å²) >= 11 is 0. The van der Waals surface area contributed by atoms with Crippen molar-refractivity contribution in [3.63, 3.8) is 0 Å². The molecular formula is C17H25N5O2. The van der Waals surface area contributed by atoms with Gasteiger partial charge in [0.15, 0.2) is 5.82 Å². The van der Waals surface area contributed by atoms with Gasteiger partial charge in [-0.2, -0.15) is 0 Å². The summed E-state index contributed by atoms with van der Waals surface area (Å²) in [4.78, 5) is 26.6. The summed E-state index contributed by atoms with van der Waals surface area (Å²) in [5, 5.41) is 11.4. The van der Waals surface area contributed by atoms with Crippen LogP contribution in [0.3, 0.4) is 0 Å². The van der Waals surface area contributed by atoms with Crippen molar-refractivity contribution in [1.29, 1.82) is 0 Å². The van der Waals surface area contributed by atoms with Gasteiger partial charge in [-0.25, -0.2) is 0 Å². The highest BCUT2D eigenvalue weighted by Gasteiger charge is 2.38. The Morgan fingerprint density at radius 1 is 1.17 bits per heavy atom. The molecule has 2 aliphatic heterocycles. The van der Waals surface area contributed by atoms with E-state index in [4.69, 9.17) is 0 Å². The number of nitrogens with one attached hydrogen (secondary N) is 1. The molecule has 4 rings (SSSR count). The zero-order valence-corrected chi connectivity index (χ0v) is 14.0. The number of likely N-dealkylation sites (tertiary alicyclic amines) is 1. The summed E-state index contributed by atoms with van der Waals surface area (Å²) < 4.78 is 2.12. The van der Waals surface area contributed by atoms with Gasteiger partial charge in [0.1, 0.15) is 5.82 Å². The Balaban J connectivity index is 1.33. The lowest BCUT2D eigenvalue weighted by Gasteiger charge is -2.23. The first-order valence-corrected chi connectivity index (χ1v) is 9.20. The minimum atomic E-state index is -0.221. The van der Waals surface area contributed by atoms with Crippen LogP contribution in [0.15, 0.2) is 0 Å². The summed E-state index contributed by atoms with van der Waals surface area (Å²) in [7, 11) is 0. The number of aryl methyl sites for hydroxylation is 1. The van der Waals surface area contributed by atoms with Crippen molar-refractivity contribution in [3.05, 3.63) is 11.6 Å². The van der Waals surface area contributed by atoms with Crippen LogP contribution in [0.5, 0.6) is 0 Å². The summed E-state index contributed by atoms with van der Waals surface area (Å²) in [6.07, 6.45) is 8.18. The highest BCUT2D eigenvalue weighted by Crippen LogP contribution is 2.29. The van der Waals surface area contributed by atoms with Gasteiger partial charge in [0.25, 0.3) is 0 Å². The molecule has 1 atom stereocenters. The predicted octanol–water partition coefficient (Wildman–Crippen LogP) is 1.02. The zero-order valence-electron chi connectivity index (χ0n) is 14.0. The molecule has 3 aliphatic rings. The van der Waals surface area contributed by atoms with Crippen molar-refractivity contribution in [2.75, 3.05) is 6.54 Å². The minimum absolute atomic E-state index is 0.0305. The van der Waals surface area contributed by atoms with Gasteiger partial charge in [-0.1, -0.05) is 12.8 Å². The van der Waals surface area contributed by atoms with Crippen LogP contribution >= 0.6 is 0 Å². The van der Waals surface area contributed by atoms with Gasteiger partial charge >= 0.3 is 0 Å². The van der Waals surface area contributed by atoms with E-state index < -0.39 is 0 Å². The van der Waals surface area contributed by atoms with E-state index in [0.29, 0.717) is 25.6 Å². The van der Waals surface area contributed by atoms with Crippen LogP contribution in [0.4, 0.5) is 0 Å². The zero-order chi connectivity index (χ0) is 16.5. The molecule has 1 saturated carbocycles. The molecule has 1 saturated heterocycles. The largest absolute Gasteiger partial charge is 0.348 e. The fourth-order valence-electron chi connectivity index (χ4n) is 4.29. The van der Waals surface area contributed by atoms with Gasteiger partial charge in [0.05, 0.1) is 12.5 Å². The maximum Gasteiger partial charge on any atom is 0.225 e. The molecule has 0 unspecified atom stereocenters.